The molecule has 6 fully saturated rings. The third-order valence-corrected chi connectivity index (χ3v) is 9.74. The predicted octanol–water partition coefficient (Wildman–Crippen LogP) is 0.216. The van der Waals surface area contributed by atoms with Crippen LogP contribution in [0.4, 0.5) is 0 Å². The lowest BCUT2D eigenvalue weighted by molar-refractivity contribution is -0.352. The SMILES string of the molecule is CC(S)[C@]12C(O)[C@H]1[C@@H]1O[C@@]13[C@@]14CCC5=C(COC5=O)C1CO[C@]3(C4)[C@@H]2O. The molecular weight excluding hydrogens is 356 g/mol. The molecule has 4 aliphatic heterocycles. The minimum atomic E-state index is -0.773. The molecule has 140 valence electrons. The molecule has 2 bridgehead atoms. The van der Waals surface area contributed by atoms with Crippen molar-refractivity contribution in [2.24, 2.45) is 22.7 Å². The highest BCUT2D eigenvalue weighted by Gasteiger charge is 3.01. The predicted molar refractivity (Wildman–Crippen MR) is 90.4 cm³/mol. The van der Waals surface area contributed by atoms with Gasteiger partial charge in [0.1, 0.15) is 17.8 Å². The number of aliphatic hydroxyl groups excluding tert-OH is 2. The summed E-state index contributed by atoms with van der Waals surface area (Å²) in [6, 6.07) is 0. The maximum absolute atomic E-state index is 12.0. The number of thiol groups is 1. The molecular formula is C19H22O6S. The summed E-state index contributed by atoms with van der Waals surface area (Å²) in [7, 11) is 0. The zero-order valence-electron chi connectivity index (χ0n) is 14.5. The second-order valence-corrected chi connectivity index (χ2v) is 10.3. The van der Waals surface area contributed by atoms with Crippen molar-refractivity contribution in [2.45, 2.75) is 61.0 Å². The first-order valence-corrected chi connectivity index (χ1v) is 10.1. The van der Waals surface area contributed by atoms with Crippen LogP contribution in [0.25, 0.3) is 0 Å². The Kier molecular flexibility index (Phi) is 2.31. The standard InChI is InChI=1S/C19H22O6S/c1-7(26)18-11(12(18)20)13-19(25-13)16-3-2-8-9(4-23-14(8)21)10(16)5-24-17(19,6-16)15(18)22/h7,10-13,15,20,22,26H,2-6H2,1H3/t7?,10?,11-,12?,13-,15-,16+,17+,18+,19+/m0/s1. The zero-order chi connectivity index (χ0) is 17.9. The van der Waals surface area contributed by atoms with Gasteiger partial charge in [-0.2, -0.15) is 12.6 Å². The second-order valence-electron chi connectivity index (χ2n) is 9.49. The highest BCUT2D eigenvalue weighted by molar-refractivity contribution is 7.81. The molecule has 4 aliphatic carbocycles. The summed E-state index contributed by atoms with van der Waals surface area (Å²) in [5.41, 5.74) is -0.0606. The van der Waals surface area contributed by atoms with E-state index in [0.717, 1.165) is 30.4 Å². The number of cyclic esters (lactones) is 1. The summed E-state index contributed by atoms with van der Waals surface area (Å²) < 4.78 is 18.1. The van der Waals surface area contributed by atoms with Crippen molar-refractivity contribution in [3.05, 3.63) is 11.1 Å². The van der Waals surface area contributed by atoms with Gasteiger partial charge in [-0.25, -0.2) is 4.79 Å². The largest absolute Gasteiger partial charge is 0.458 e. The third kappa shape index (κ3) is 1.10. The lowest BCUT2D eigenvalue weighted by Gasteiger charge is -2.72. The van der Waals surface area contributed by atoms with Crippen LogP contribution in [-0.4, -0.2) is 64.2 Å². The maximum Gasteiger partial charge on any atom is 0.334 e. The number of aliphatic hydroxyl groups is 2. The van der Waals surface area contributed by atoms with E-state index < -0.39 is 28.8 Å². The highest BCUT2D eigenvalue weighted by Crippen LogP contribution is 2.88. The number of carbonyl (C=O) groups is 1. The summed E-state index contributed by atoms with van der Waals surface area (Å²) in [5, 5.41) is 22.0. The van der Waals surface area contributed by atoms with E-state index >= 15 is 0 Å². The minimum Gasteiger partial charge on any atom is -0.458 e. The number of fused-ring (bicyclic) bond motifs is 3. The van der Waals surface area contributed by atoms with Gasteiger partial charge >= 0.3 is 5.97 Å². The molecule has 26 heavy (non-hydrogen) atoms. The quantitative estimate of drug-likeness (QED) is 0.344. The molecule has 0 radical (unpaired) electrons. The lowest BCUT2D eigenvalue weighted by atomic mass is 9.36. The van der Waals surface area contributed by atoms with Crippen molar-refractivity contribution in [1.82, 2.24) is 0 Å². The Bertz CT molecular complexity index is 825. The zero-order valence-corrected chi connectivity index (χ0v) is 15.4. The molecule has 8 rings (SSSR count). The van der Waals surface area contributed by atoms with E-state index in [-0.39, 0.29) is 34.6 Å². The molecule has 10 atom stereocenters. The Morgan fingerprint density at radius 3 is 2.92 bits per heavy atom. The third-order valence-electron chi connectivity index (χ3n) is 9.30. The van der Waals surface area contributed by atoms with Crippen LogP contribution in [0, 0.1) is 22.7 Å². The molecule has 7 heteroatoms. The van der Waals surface area contributed by atoms with Gasteiger partial charge in [0.2, 0.25) is 0 Å². The Morgan fingerprint density at radius 1 is 1.35 bits per heavy atom. The fourth-order valence-corrected chi connectivity index (χ4v) is 8.67. The van der Waals surface area contributed by atoms with Gasteiger partial charge in [0.05, 0.1) is 24.9 Å². The van der Waals surface area contributed by atoms with Crippen LogP contribution >= 0.6 is 12.6 Å². The number of hydrogen-bond donors (Lipinski definition) is 3. The van der Waals surface area contributed by atoms with E-state index in [1.165, 1.54) is 0 Å². The molecule has 0 aromatic carbocycles. The number of hydrogen-bond acceptors (Lipinski definition) is 7. The monoisotopic (exact) mass is 378 g/mol. The average Bonchev–Trinajstić information content (AvgIpc) is 3.47. The summed E-state index contributed by atoms with van der Waals surface area (Å²) in [5.74, 6) is -0.135. The van der Waals surface area contributed by atoms with Crippen LogP contribution in [0.1, 0.15) is 26.2 Å². The maximum atomic E-state index is 12.0. The Hall–Kier alpha value is -0.600. The normalized spacial score (nSPS) is 64.2. The van der Waals surface area contributed by atoms with Crippen molar-refractivity contribution < 1.29 is 29.2 Å². The molecule has 8 aliphatic rings. The Balaban J connectivity index is 1.37. The summed E-state index contributed by atoms with van der Waals surface area (Å²) in [6.45, 7) is 2.80. The van der Waals surface area contributed by atoms with Gasteiger partial charge in [0.15, 0.2) is 0 Å². The second kappa shape index (κ2) is 3.92. The minimum absolute atomic E-state index is 0.0745. The van der Waals surface area contributed by atoms with Crippen LogP contribution in [0.5, 0.6) is 0 Å². The van der Waals surface area contributed by atoms with Crippen LogP contribution in [0.15, 0.2) is 11.1 Å². The van der Waals surface area contributed by atoms with Crippen LogP contribution in [0.2, 0.25) is 0 Å². The average molecular weight is 378 g/mol. The van der Waals surface area contributed by atoms with Gasteiger partial charge in [-0.05, 0) is 24.8 Å². The molecule has 3 saturated carbocycles. The van der Waals surface area contributed by atoms with Gasteiger partial charge in [-0.1, -0.05) is 6.92 Å². The molecule has 3 spiro atoms. The number of epoxide rings is 1. The molecule has 2 N–H and O–H groups in total. The van der Waals surface area contributed by atoms with Gasteiger partial charge in [-0.3, -0.25) is 0 Å². The first-order valence-electron chi connectivity index (χ1n) is 9.63. The fourth-order valence-electron chi connectivity index (χ4n) is 8.21. The van der Waals surface area contributed by atoms with Crippen LogP contribution in [-0.2, 0) is 19.0 Å². The number of carbonyl (C=O) groups excluding carboxylic acids is 1. The molecule has 3 unspecified atom stereocenters. The fraction of sp³-hybridized carbons (Fsp3) is 0.842. The molecule has 3 saturated heterocycles. The topological polar surface area (TPSA) is 88.5 Å². The van der Waals surface area contributed by atoms with E-state index in [2.05, 4.69) is 12.6 Å². The first kappa shape index (κ1) is 15.3. The molecule has 0 aromatic rings. The van der Waals surface area contributed by atoms with Gasteiger partial charge in [-0.15, -0.1) is 0 Å². The van der Waals surface area contributed by atoms with Crippen molar-refractivity contribution in [3.8, 4) is 0 Å². The number of rotatable bonds is 1. The van der Waals surface area contributed by atoms with Gasteiger partial charge in [0.25, 0.3) is 0 Å². The molecule has 0 aromatic heterocycles. The highest BCUT2D eigenvalue weighted by atomic mass is 32.1. The molecule has 0 amide bonds. The van der Waals surface area contributed by atoms with E-state index in [1.807, 2.05) is 6.92 Å². The Labute approximate surface area is 156 Å². The summed E-state index contributed by atoms with van der Waals surface area (Å²) in [4.78, 5) is 12.0. The van der Waals surface area contributed by atoms with Crippen molar-refractivity contribution in [1.29, 1.82) is 0 Å². The van der Waals surface area contributed by atoms with Crippen LogP contribution < -0.4 is 0 Å². The van der Waals surface area contributed by atoms with Gasteiger partial charge < -0.3 is 24.4 Å². The first-order chi connectivity index (χ1) is 12.4. The van der Waals surface area contributed by atoms with Crippen molar-refractivity contribution >= 4 is 18.6 Å². The van der Waals surface area contributed by atoms with Crippen molar-refractivity contribution in [2.75, 3.05) is 13.2 Å². The Morgan fingerprint density at radius 2 is 2.15 bits per heavy atom. The van der Waals surface area contributed by atoms with Crippen LogP contribution in [0.3, 0.4) is 0 Å². The summed E-state index contributed by atoms with van der Waals surface area (Å²) >= 11 is 4.61. The molecule has 6 nitrogen and oxygen atoms in total. The van der Waals surface area contributed by atoms with E-state index in [9.17, 15) is 15.0 Å². The number of ether oxygens (including phenoxy) is 3. The van der Waals surface area contributed by atoms with Gasteiger partial charge in [0, 0.05) is 33.5 Å². The van der Waals surface area contributed by atoms with E-state index in [4.69, 9.17) is 14.2 Å². The molecule has 4 heterocycles. The van der Waals surface area contributed by atoms with E-state index in [1.54, 1.807) is 0 Å². The van der Waals surface area contributed by atoms with E-state index in [0.29, 0.717) is 13.2 Å². The lowest BCUT2D eigenvalue weighted by Crippen LogP contribution is -2.84. The smallest absolute Gasteiger partial charge is 0.334 e. The van der Waals surface area contributed by atoms with Crippen molar-refractivity contribution in [3.63, 3.8) is 0 Å². The number of esters is 1. The summed E-state index contributed by atoms with van der Waals surface area (Å²) in [6.07, 6.45) is 0.873.